The fourth-order valence-corrected chi connectivity index (χ4v) is 2.67. The maximum absolute atomic E-state index is 11.9. The van der Waals surface area contributed by atoms with Crippen molar-refractivity contribution in [2.75, 3.05) is 11.9 Å². The second kappa shape index (κ2) is 8.66. The minimum Gasteiger partial charge on any atom is -0.491 e. The molecule has 4 nitrogen and oxygen atoms in total. The second-order valence-electron chi connectivity index (χ2n) is 6.12. The minimum absolute atomic E-state index is 0.0758. The van der Waals surface area contributed by atoms with Crippen molar-refractivity contribution in [1.29, 1.82) is 0 Å². The second-order valence-corrected chi connectivity index (χ2v) is 6.12. The van der Waals surface area contributed by atoms with Gasteiger partial charge in [-0.2, -0.15) is 0 Å². The lowest BCUT2D eigenvalue weighted by atomic mass is 9.95. The van der Waals surface area contributed by atoms with Crippen molar-refractivity contribution in [3.05, 3.63) is 24.3 Å². The monoisotopic (exact) mass is 304 g/mol. The van der Waals surface area contributed by atoms with Gasteiger partial charge in [-0.1, -0.05) is 26.2 Å². The van der Waals surface area contributed by atoms with Gasteiger partial charge in [0.25, 0.3) is 0 Å². The van der Waals surface area contributed by atoms with Crippen molar-refractivity contribution in [3.8, 4) is 5.75 Å². The molecule has 0 spiro atoms. The van der Waals surface area contributed by atoms with Crippen LogP contribution in [-0.2, 0) is 4.79 Å². The summed E-state index contributed by atoms with van der Waals surface area (Å²) in [6.07, 6.45) is 7.21. The summed E-state index contributed by atoms with van der Waals surface area (Å²) in [4.78, 5) is 11.9. The van der Waals surface area contributed by atoms with Gasteiger partial charge in [0.1, 0.15) is 5.75 Å². The van der Waals surface area contributed by atoms with E-state index in [0.717, 1.165) is 30.7 Å². The molecule has 1 unspecified atom stereocenters. The quantitative estimate of drug-likeness (QED) is 0.807. The van der Waals surface area contributed by atoms with Crippen LogP contribution in [0.2, 0.25) is 0 Å². The highest BCUT2D eigenvalue weighted by molar-refractivity contribution is 5.81. The van der Waals surface area contributed by atoms with Crippen LogP contribution in [0.1, 0.15) is 52.4 Å². The standard InChI is InChI=1S/C18H28N2O2/c1-3-14(2)22-17-11-9-15(10-12-17)19-13-18(21)20-16-7-5-4-6-8-16/h9-12,14,16,19H,3-8,13H2,1-2H3,(H,20,21). The lowest BCUT2D eigenvalue weighted by Crippen LogP contribution is -2.39. The summed E-state index contributed by atoms with van der Waals surface area (Å²) in [7, 11) is 0. The van der Waals surface area contributed by atoms with Gasteiger partial charge in [0.2, 0.25) is 5.91 Å². The van der Waals surface area contributed by atoms with E-state index in [2.05, 4.69) is 24.5 Å². The van der Waals surface area contributed by atoms with Gasteiger partial charge in [-0.3, -0.25) is 4.79 Å². The topological polar surface area (TPSA) is 50.4 Å². The van der Waals surface area contributed by atoms with Crippen molar-refractivity contribution in [2.45, 2.75) is 64.5 Å². The van der Waals surface area contributed by atoms with Crippen LogP contribution in [0.3, 0.4) is 0 Å². The molecule has 0 radical (unpaired) electrons. The van der Waals surface area contributed by atoms with Gasteiger partial charge in [0.15, 0.2) is 0 Å². The van der Waals surface area contributed by atoms with Crippen LogP contribution in [0.5, 0.6) is 5.75 Å². The van der Waals surface area contributed by atoms with E-state index >= 15 is 0 Å². The fourth-order valence-electron chi connectivity index (χ4n) is 2.67. The van der Waals surface area contributed by atoms with Crippen LogP contribution in [-0.4, -0.2) is 24.6 Å². The van der Waals surface area contributed by atoms with E-state index in [1.165, 1.54) is 19.3 Å². The van der Waals surface area contributed by atoms with Gasteiger partial charge in [-0.25, -0.2) is 0 Å². The van der Waals surface area contributed by atoms with Crippen molar-refractivity contribution >= 4 is 11.6 Å². The summed E-state index contributed by atoms with van der Waals surface area (Å²) < 4.78 is 5.74. The smallest absolute Gasteiger partial charge is 0.239 e. The Morgan fingerprint density at radius 2 is 1.91 bits per heavy atom. The van der Waals surface area contributed by atoms with Crippen LogP contribution < -0.4 is 15.4 Å². The molecule has 0 bridgehead atoms. The zero-order valence-corrected chi connectivity index (χ0v) is 13.7. The number of carbonyl (C=O) groups is 1. The third kappa shape index (κ3) is 5.58. The molecule has 22 heavy (non-hydrogen) atoms. The van der Waals surface area contributed by atoms with Crippen LogP contribution in [0.25, 0.3) is 0 Å². The SMILES string of the molecule is CCC(C)Oc1ccc(NCC(=O)NC2CCCCC2)cc1. The molecule has 1 aliphatic carbocycles. The molecule has 1 fully saturated rings. The van der Waals surface area contributed by atoms with Gasteiger partial charge < -0.3 is 15.4 Å². The van der Waals surface area contributed by atoms with Crippen LogP contribution in [0.4, 0.5) is 5.69 Å². The van der Waals surface area contributed by atoms with E-state index in [1.807, 2.05) is 24.3 Å². The van der Waals surface area contributed by atoms with Crippen LogP contribution >= 0.6 is 0 Å². The minimum atomic E-state index is 0.0758. The maximum Gasteiger partial charge on any atom is 0.239 e. The van der Waals surface area contributed by atoms with E-state index in [1.54, 1.807) is 0 Å². The zero-order valence-electron chi connectivity index (χ0n) is 13.7. The van der Waals surface area contributed by atoms with Crippen LogP contribution in [0, 0.1) is 0 Å². The number of hydrogen-bond acceptors (Lipinski definition) is 3. The number of carbonyl (C=O) groups excluding carboxylic acids is 1. The number of ether oxygens (including phenoxy) is 1. The van der Waals surface area contributed by atoms with Crippen molar-refractivity contribution in [3.63, 3.8) is 0 Å². The predicted octanol–water partition coefficient (Wildman–Crippen LogP) is 3.72. The highest BCUT2D eigenvalue weighted by Crippen LogP contribution is 2.18. The van der Waals surface area contributed by atoms with Crippen molar-refractivity contribution < 1.29 is 9.53 Å². The molecule has 0 heterocycles. The molecule has 0 aromatic heterocycles. The Kier molecular flexibility index (Phi) is 6.56. The molecular weight excluding hydrogens is 276 g/mol. The predicted molar refractivity (Wildman–Crippen MR) is 90.3 cm³/mol. The Balaban J connectivity index is 1.72. The first-order valence-electron chi connectivity index (χ1n) is 8.47. The molecule has 1 aromatic carbocycles. The van der Waals surface area contributed by atoms with Gasteiger partial charge in [-0.15, -0.1) is 0 Å². The summed E-state index contributed by atoms with van der Waals surface area (Å²) in [5, 5.41) is 6.27. The lowest BCUT2D eigenvalue weighted by molar-refractivity contribution is -0.120. The zero-order chi connectivity index (χ0) is 15.8. The van der Waals surface area contributed by atoms with Gasteiger partial charge >= 0.3 is 0 Å². The number of anilines is 1. The van der Waals surface area contributed by atoms with E-state index in [0.29, 0.717) is 12.6 Å². The maximum atomic E-state index is 11.9. The van der Waals surface area contributed by atoms with Gasteiger partial charge in [0, 0.05) is 11.7 Å². The number of benzene rings is 1. The Morgan fingerprint density at radius 1 is 1.23 bits per heavy atom. The summed E-state index contributed by atoms with van der Waals surface area (Å²) in [6, 6.07) is 8.15. The first-order chi connectivity index (χ1) is 10.7. The number of hydrogen-bond donors (Lipinski definition) is 2. The summed E-state index contributed by atoms with van der Waals surface area (Å²) >= 11 is 0. The molecule has 0 aliphatic heterocycles. The summed E-state index contributed by atoms with van der Waals surface area (Å²) in [6.45, 7) is 4.48. The van der Waals surface area contributed by atoms with Gasteiger partial charge in [0.05, 0.1) is 12.6 Å². The summed E-state index contributed by atoms with van der Waals surface area (Å²) in [5.74, 6) is 0.943. The molecule has 1 saturated carbocycles. The highest BCUT2D eigenvalue weighted by atomic mass is 16.5. The van der Waals surface area contributed by atoms with Gasteiger partial charge in [-0.05, 0) is 50.5 Å². The molecule has 4 heteroatoms. The largest absolute Gasteiger partial charge is 0.491 e. The van der Waals surface area contributed by atoms with Crippen LogP contribution in [0.15, 0.2) is 24.3 Å². The molecule has 1 aromatic rings. The Labute approximate surface area is 133 Å². The molecule has 0 saturated heterocycles. The molecule has 2 rings (SSSR count). The van der Waals surface area contributed by atoms with Crippen molar-refractivity contribution in [1.82, 2.24) is 5.32 Å². The molecule has 1 amide bonds. The average molecular weight is 304 g/mol. The molecular formula is C18H28N2O2. The first-order valence-corrected chi connectivity index (χ1v) is 8.47. The van der Waals surface area contributed by atoms with E-state index in [4.69, 9.17) is 4.74 Å². The lowest BCUT2D eigenvalue weighted by Gasteiger charge is -2.22. The van der Waals surface area contributed by atoms with Crippen molar-refractivity contribution in [2.24, 2.45) is 0 Å². The molecule has 2 N–H and O–H groups in total. The first kappa shape index (κ1) is 16.7. The number of rotatable bonds is 7. The Hall–Kier alpha value is -1.71. The van der Waals surface area contributed by atoms with E-state index in [-0.39, 0.29) is 12.0 Å². The third-order valence-electron chi connectivity index (χ3n) is 4.19. The fraction of sp³-hybridized carbons (Fsp3) is 0.611. The van der Waals surface area contributed by atoms with E-state index < -0.39 is 0 Å². The molecule has 122 valence electrons. The average Bonchev–Trinajstić information content (AvgIpc) is 2.55. The highest BCUT2D eigenvalue weighted by Gasteiger charge is 2.15. The third-order valence-corrected chi connectivity index (χ3v) is 4.19. The summed E-state index contributed by atoms with van der Waals surface area (Å²) in [5.41, 5.74) is 0.940. The Morgan fingerprint density at radius 3 is 2.55 bits per heavy atom. The number of nitrogens with one attached hydrogen (secondary N) is 2. The normalized spacial score (nSPS) is 16.8. The Bertz CT molecular complexity index is 453. The molecule has 1 atom stereocenters. The molecule has 1 aliphatic rings. The van der Waals surface area contributed by atoms with E-state index in [9.17, 15) is 4.79 Å². The number of amides is 1.